The molecule has 0 spiro atoms. The summed E-state index contributed by atoms with van der Waals surface area (Å²) in [4.78, 5) is 29.2. The summed E-state index contributed by atoms with van der Waals surface area (Å²) in [5, 5.41) is 3.55. The molecule has 1 aliphatic rings. The highest BCUT2D eigenvalue weighted by Crippen LogP contribution is 2.15. The van der Waals surface area contributed by atoms with Gasteiger partial charge in [-0.05, 0) is 38.8 Å². The molecule has 3 rings (SSSR count). The summed E-state index contributed by atoms with van der Waals surface area (Å²) in [6.07, 6.45) is 2.37. The van der Waals surface area contributed by atoms with Crippen molar-refractivity contribution in [3.63, 3.8) is 0 Å². The summed E-state index contributed by atoms with van der Waals surface area (Å²) in [5.74, 6) is 0.552. The molecule has 1 aromatic carbocycles. The van der Waals surface area contributed by atoms with Gasteiger partial charge in [-0.1, -0.05) is 12.1 Å². The van der Waals surface area contributed by atoms with Crippen LogP contribution in [0.4, 0.5) is 0 Å². The van der Waals surface area contributed by atoms with Gasteiger partial charge in [-0.25, -0.2) is 4.98 Å². The van der Waals surface area contributed by atoms with Gasteiger partial charge in [0.25, 0.3) is 5.56 Å². The molecule has 24 heavy (non-hydrogen) atoms. The highest BCUT2D eigenvalue weighted by molar-refractivity contribution is 5.78. The van der Waals surface area contributed by atoms with Gasteiger partial charge in [0.05, 0.1) is 23.0 Å². The number of amides is 1. The minimum atomic E-state index is -0.0990. The zero-order valence-electron chi connectivity index (χ0n) is 14.1. The molecule has 1 amide bonds. The van der Waals surface area contributed by atoms with E-state index in [2.05, 4.69) is 10.3 Å². The van der Waals surface area contributed by atoms with E-state index in [0.717, 1.165) is 19.4 Å². The summed E-state index contributed by atoms with van der Waals surface area (Å²) >= 11 is 0. The molecule has 2 heterocycles. The van der Waals surface area contributed by atoms with Gasteiger partial charge in [0.15, 0.2) is 0 Å². The van der Waals surface area contributed by atoms with Crippen molar-refractivity contribution in [3.05, 3.63) is 40.4 Å². The molecular formula is C18H23N3O3. The van der Waals surface area contributed by atoms with Gasteiger partial charge in [0, 0.05) is 19.6 Å². The topological polar surface area (TPSA) is 73.2 Å². The summed E-state index contributed by atoms with van der Waals surface area (Å²) < 4.78 is 7.15. The maximum atomic E-state index is 12.6. The van der Waals surface area contributed by atoms with Gasteiger partial charge >= 0.3 is 0 Å². The Morgan fingerprint density at radius 2 is 2.25 bits per heavy atom. The Balaban J connectivity index is 1.67. The smallest absolute Gasteiger partial charge is 0.261 e. The minimum Gasteiger partial charge on any atom is -0.376 e. The SMILES string of the molecule is Cc1nc2ccccc2c(=O)n1CCC(=O)N[C@@H](C)[C@H]1CCCO1. The average molecular weight is 329 g/mol. The van der Waals surface area contributed by atoms with Crippen molar-refractivity contribution < 1.29 is 9.53 Å². The molecule has 0 bridgehead atoms. The second-order valence-corrected chi connectivity index (χ2v) is 6.29. The molecule has 6 nitrogen and oxygen atoms in total. The van der Waals surface area contributed by atoms with Gasteiger partial charge in [0.1, 0.15) is 5.82 Å². The number of carbonyl (C=O) groups excluding carboxylic acids is 1. The first-order chi connectivity index (χ1) is 11.6. The second-order valence-electron chi connectivity index (χ2n) is 6.29. The molecule has 2 atom stereocenters. The number of benzene rings is 1. The zero-order valence-corrected chi connectivity index (χ0v) is 14.1. The molecule has 0 unspecified atom stereocenters. The lowest BCUT2D eigenvalue weighted by atomic mass is 10.1. The Morgan fingerprint density at radius 3 is 3.00 bits per heavy atom. The summed E-state index contributed by atoms with van der Waals surface area (Å²) in [7, 11) is 0. The van der Waals surface area contributed by atoms with Gasteiger partial charge < -0.3 is 10.1 Å². The normalized spacial score (nSPS) is 18.7. The fourth-order valence-electron chi connectivity index (χ4n) is 3.17. The fourth-order valence-corrected chi connectivity index (χ4v) is 3.17. The number of nitrogens with zero attached hydrogens (tertiary/aromatic N) is 2. The van der Waals surface area contributed by atoms with E-state index in [1.807, 2.05) is 25.1 Å². The predicted octanol–water partition coefficient (Wildman–Crippen LogP) is 1.78. The fraction of sp³-hybridized carbons (Fsp3) is 0.500. The van der Waals surface area contributed by atoms with E-state index < -0.39 is 0 Å². The Hall–Kier alpha value is -2.21. The maximum Gasteiger partial charge on any atom is 0.261 e. The minimum absolute atomic E-state index is 0.00690. The van der Waals surface area contributed by atoms with Crippen molar-refractivity contribution >= 4 is 16.8 Å². The Morgan fingerprint density at radius 1 is 1.46 bits per heavy atom. The van der Waals surface area contributed by atoms with Crippen LogP contribution in [-0.4, -0.2) is 34.2 Å². The summed E-state index contributed by atoms with van der Waals surface area (Å²) in [6.45, 7) is 4.85. The molecule has 128 valence electrons. The van der Waals surface area contributed by atoms with Gasteiger partial charge in [-0.15, -0.1) is 0 Å². The number of aryl methyl sites for hydroxylation is 1. The molecule has 6 heteroatoms. The number of rotatable bonds is 5. The van der Waals surface area contributed by atoms with Crippen LogP contribution in [0.3, 0.4) is 0 Å². The zero-order chi connectivity index (χ0) is 17.1. The van der Waals surface area contributed by atoms with Crippen molar-refractivity contribution in [3.8, 4) is 0 Å². The standard InChI is InChI=1S/C18H23N3O3/c1-12(16-8-5-11-24-16)19-17(22)9-10-21-13(2)20-15-7-4-3-6-14(15)18(21)23/h3-4,6-7,12,16H,5,8-11H2,1-2H3,(H,19,22)/t12-,16+/m0/s1. The lowest BCUT2D eigenvalue weighted by Gasteiger charge is -2.20. The third kappa shape index (κ3) is 3.48. The van der Waals surface area contributed by atoms with Crippen LogP contribution in [0.25, 0.3) is 10.9 Å². The van der Waals surface area contributed by atoms with E-state index in [9.17, 15) is 9.59 Å². The number of carbonyl (C=O) groups is 1. The molecule has 1 fully saturated rings. The molecule has 0 saturated carbocycles. The highest BCUT2D eigenvalue weighted by atomic mass is 16.5. The van der Waals surface area contributed by atoms with Crippen LogP contribution in [0, 0.1) is 6.92 Å². The molecule has 1 aromatic heterocycles. The highest BCUT2D eigenvalue weighted by Gasteiger charge is 2.23. The van der Waals surface area contributed by atoms with E-state index >= 15 is 0 Å². The first-order valence-corrected chi connectivity index (χ1v) is 8.43. The number of nitrogens with one attached hydrogen (secondary N) is 1. The van der Waals surface area contributed by atoms with E-state index in [4.69, 9.17) is 4.74 Å². The molecule has 1 aliphatic heterocycles. The molecule has 1 saturated heterocycles. The maximum absolute atomic E-state index is 12.6. The van der Waals surface area contributed by atoms with Crippen LogP contribution in [0.5, 0.6) is 0 Å². The Bertz CT molecular complexity index is 794. The number of ether oxygens (including phenoxy) is 1. The lowest BCUT2D eigenvalue weighted by Crippen LogP contribution is -2.41. The molecule has 0 radical (unpaired) electrons. The van der Waals surface area contributed by atoms with Crippen LogP contribution >= 0.6 is 0 Å². The van der Waals surface area contributed by atoms with E-state index in [-0.39, 0.29) is 30.0 Å². The third-order valence-corrected chi connectivity index (χ3v) is 4.53. The van der Waals surface area contributed by atoms with Crippen LogP contribution in [0.1, 0.15) is 32.0 Å². The number of aromatic nitrogens is 2. The van der Waals surface area contributed by atoms with E-state index in [1.54, 1.807) is 17.6 Å². The average Bonchev–Trinajstić information content (AvgIpc) is 3.09. The molecule has 1 N–H and O–H groups in total. The van der Waals surface area contributed by atoms with Crippen LogP contribution in [-0.2, 0) is 16.1 Å². The number of para-hydroxylation sites is 1. The van der Waals surface area contributed by atoms with Crippen molar-refractivity contribution in [2.24, 2.45) is 0 Å². The lowest BCUT2D eigenvalue weighted by molar-refractivity contribution is -0.122. The van der Waals surface area contributed by atoms with Crippen molar-refractivity contribution in [2.75, 3.05) is 6.61 Å². The van der Waals surface area contributed by atoms with E-state index in [1.165, 1.54) is 0 Å². The summed E-state index contributed by atoms with van der Waals surface area (Å²) in [6, 6.07) is 7.26. The van der Waals surface area contributed by atoms with Gasteiger partial charge in [-0.3, -0.25) is 14.2 Å². The largest absolute Gasteiger partial charge is 0.376 e. The number of hydrogen-bond acceptors (Lipinski definition) is 4. The monoisotopic (exact) mass is 329 g/mol. The van der Waals surface area contributed by atoms with Gasteiger partial charge in [-0.2, -0.15) is 0 Å². The molecular weight excluding hydrogens is 306 g/mol. The number of hydrogen-bond donors (Lipinski definition) is 1. The second kappa shape index (κ2) is 7.13. The Labute approximate surface area is 140 Å². The molecule has 2 aromatic rings. The quantitative estimate of drug-likeness (QED) is 0.907. The predicted molar refractivity (Wildman–Crippen MR) is 91.9 cm³/mol. The third-order valence-electron chi connectivity index (χ3n) is 4.53. The van der Waals surface area contributed by atoms with Crippen molar-refractivity contribution in [1.29, 1.82) is 0 Å². The summed E-state index contributed by atoms with van der Waals surface area (Å²) in [5.41, 5.74) is 0.589. The van der Waals surface area contributed by atoms with Crippen LogP contribution in [0.2, 0.25) is 0 Å². The van der Waals surface area contributed by atoms with Crippen molar-refractivity contribution in [1.82, 2.24) is 14.9 Å². The van der Waals surface area contributed by atoms with Crippen LogP contribution in [0.15, 0.2) is 29.1 Å². The first kappa shape index (κ1) is 16.6. The first-order valence-electron chi connectivity index (χ1n) is 8.43. The van der Waals surface area contributed by atoms with Crippen LogP contribution < -0.4 is 10.9 Å². The molecule has 0 aliphatic carbocycles. The number of fused-ring (bicyclic) bond motifs is 1. The van der Waals surface area contributed by atoms with E-state index in [0.29, 0.717) is 23.3 Å². The van der Waals surface area contributed by atoms with Gasteiger partial charge in [0.2, 0.25) is 5.91 Å². The van der Waals surface area contributed by atoms with Crippen molar-refractivity contribution in [2.45, 2.75) is 51.8 Å². The Kier molecular flexibility index (Phi) is 4.94.